The zero-order valence-electron chi connectivity index (χ0n) is 17.2. The van der Waals surface area contributed by atoms with E-state index in [1.165, 1.54) is 12.0 Å². The molecule has 1 fully saturated rings. The second kappa shape index (κ2) is 7.94. The molecule has 30 heavy (non-hydrogen) atoms. The summed E-state index contributed by atoms with van der Waals surface area (Å²) in [5.41, 5.74) is 5.89. The van der Waals surface area contributed by atoms with Crippen molar-refractivity contribution in [2.45, 2.75) is 51.9 Å². The van der Waals surface area contributed by atoms with Crippen LogP contribution in [0.4, 0.5) is 6.01 Å². The molecule has 1 aliphatic rings. The predicted molar refractivity (Wildman–Crippen MR) is 117 cm³/mol. The van der Waals surface area contributed by atoms with Gasteiger partial charge in [-0.25, -0.2) is 4.98 Å². The number of fused-ring (bicyclic) bond motifs is 2. The zero-order chi connectivity index (χ0) is 20.5. The number of rotatable bonds is 5. The summed E-state index contributed by atoms with van der Waals surface area (Å²) >= 11 is 0. The lowest BCUT2D eigenvalue weighted by Crippen LogP contribution is -2.24. The lowest BCUT2D eigenvalue weighted by molar-refractivity contribution is -0.120. The highest BCUT2D eigenvalue weighted by Gasteiger charge is 2.22. The average Bonchev–Trinajstić information content (AvgIpc) is 3.35. The van der Waals surface area contributed by atoms with Gasteiger partial charge in [-0.2, -0.15) is 4.98 Å². The van der Waals surface area contributed by atoms with Gasteiger partial charge in [-0.3, -0.25) is 10.1 Å². The van der Waals surface area contributed by atoms with Crippen LogP contribution in [0.15, 0.2) is 47.1 Å². The molecule has 1 amide bonds. The van der Waals surface area contributed by atoms with Crippen LogP contribution < -0.4 is 5.32 Å². The monoisotopic (exact) mass is 402 g/mol. The van der Waals surface area contributed by atoms with Crippen LogP contribution >= 0.6 is 0 Å². The number of aromatic nitrogens is 3. The van der Waals surface area contributed by atoms with Crippen LogP contribution in [0.3, 0.4) is 0 Å². The molecule has 3 aromatic heterocycles. The van der Waals surface area contributed by atoms with Gasteiger partial charge in [0.25, 0.3) is 0 Å². The molecular formula is C24H26N4O2. The molecule has 1 aliphatic carbocycles. The van der Waals surface area contributed by atoms with E-state index in [4.69, 9.17) is 9.40 Å². The van der Waals surface area contributed by atoms with E-state index in [2.05, 4.69) is 46.0 Å². The largest absolute Gasteiger partial charge is 0.423 e. The quantitative estimate of drug-likeness (QED) is 0.505. The van der Waals surface area contributed by atoms with Crippen molar-refractivity contribution in [3.05, 3.63) is 59.5 Å². The molecule has 0 bridgehead atoms. The number of benzene rings is 1. The summed E-state index contributed by atoms with van der Waals surface area (Å²) in [7, 11) is 0. The Balaban J connectivity index is 1.26. The van der Waals surface area contributed by atoms with Gasteiger partial charge >= 0.3 is 6.01 Å². The van der Waals surface area contributed by atoms with Gasteiger partial charge in [0.15, 0.2) is 5.58 Å². The highest BCUT2D eigenvalue weighted by Crippen LogP contribution is 2.26. The first-order valence-electron chi connectivity index (χ1n) is 10.8. The Morgan fingerprint density at radius 2 is 2.00 bits per heavy atom. The number of imidazole rings is 1. The number of nitrogens with one attached hydrogen (secondary N) is 1. The SMILES string of the molecule is Cc1ccn2cc(CCc3ccc4nc(NC(=O)C5CCCCC5)oc4c3)nc2c1. The van der Waals surface area contributed by atoms with E-state index in [0.717, 1.165) is 60.9 Å². The third-order valence-corrected chi connectivity index (χ3v) is 5.99. The van der Waals surface area contributed by atoms with Crippen LogP contribution in [0.2, 0.25) is 0 Å². The fourth-order valence-corrected chi connectivity index (χ4v) is 4.28. The Morgan fingerprint density at radius 1 is 1.13 bits per heavy atom. The van der Waals surface area contributed by atoms with Gasteiger partial charge in [-0.1, -0.05) is 25.3 Å². The third-order valence-electron chi connectivity index (χ3n) is 5.99. The number of hydrogen-bond donors (Lipinski definition) is 1. The van der Waals surface area contributed by atoms with Crippen molar-refractivity contribution in [1.29, 1.82) is 0 Å². The summed E-state index contributed by atoms with van der Waals surface area (Å²) in [6, 6.07) is 10.5. The minimum Gasteiger partial charge on any atom is -0.423 e. The van der Waals surface area contributed by atoms with Crippen LogP contribution in [0.25, 0.3) is 16.7 Å². The summed E-state index contributed by atoms with van der Waals surface area (Å²) in [5.74, 6) is 0.113. The first-order chi connectivity index (χ1) is 14.6. The molecule has 5 rings (SSSR count). The van der Waals surface area contributed by atoms with Gasteiger partial charge < -0.3 is 8.82 Å². The van der Waals surface area contributed by atoms with Crippen LogP contribution in [-0.4, -0.2) is 20.3 Å². The van der Waals surface area contributed by atoms with Crippen molar-refractivity contribution >= 4 is 28.7 Å². The second-order valence-electron chi connectivity index (χ2n) is 8.35. The standard InChI is InChI=1S/C24H26N4O2/c1-16-11-12-28-15-19(25-22(28)13-16)9-7-17-8-10-20-21(14-17)30-24(26-20)27-23(29)18-5-3-2-4-6-18/h8,10-15,18H,2-7,9H2,1H3,(H,26,27,29). The highest BCUT2D eigenvalue weighted by atomic mass is 16.4. The molecule has 1 N–H and O–H groups in total. The molecule has 1 saturated carbocycles. The van der Waals surface area contributed by atoms with Gasteiger partial charge in [0.05, 0.1) is 5.69 Å². The van der Waals surface area contributed by atoms with Crippen molar-refractivity contribution in [1.82, 2.24) is 14.4 Å². The third kappa shape index (κ3) is 3.95. The van der Waals surface area contributed by atoms with Crippen molar-refractivity contribution in [3.8, 4) is 0 Å². The van der Waals surface area contributed by atoms with Crippen molar-refractivity contribution in [2.75, 3.05) is 5.32 Å². The molecule has 0 aliphatic heterocycles. The maximum Gasteiger partial charge on any atom is 0.302 e. The number of hydrogen-bond acceptors (Lipinski definition) is 4. The molecule has 6 heteroatoms. The Hall–Kier alpha value is -3.15. The lowest BCUT2D eigenvalue weighted by atomic mass is 9.89. The number of amides is 1. The summed E-state index contributed by atoms with van der Waals surface area (Å²) < 4.78 is 7.88. The minimum atomic E-state index is 0.0311. The maximum absolute atomic E-state index is 12.4. The first kappa shape index (κ1) is 18.9. The van der Waals surface area contributed by atoms with E-state index >= 15 is 0 Å². The van der Waals surface area contributed by atoms with Crippen molar-refractivity contribution in [3.63, 3.8) is 0 Å². The second-order valence-corrected chi connectivity index (χ2v) is 8.35. The van der Waals surface area contributed by atoms with E-state index < -0.39 is 0 Å². The van der Waals surface area contributed by atoms with Crippen molar-refractivity contribution < 1.29 is 9.21 Å². The molecule has 6 nitrogen and oxygen atoms in total. The fourth-order valence-electron chi connectivity index (χ4n) is 4.28. The van der Waals surface area contributed by atoms with E-state index in [9.17, 15) is 4.79 Å². The number of carbonyl (C=O) groups excluding carboxylic acids is 1. The molecule has 0 unspecified atom stereocenters. The van der Waals surface area contributed by atoms with E-state index in [-0.39, 0.29) is 11.8 Å². The summed E-state index contributed by atoms with van der Waals surface area (Å²) in [6.07, 6.45) is 11.2. The summed E-state index contributed by atoms with van der Waals surface area (Å²) in [5, 5.41) is 2.87. The molecular weight excluding hydrogens is 376 g/mol. The molecule has 0 radical (unpaired) electrons. The smallest absolute Gasteiger partial charge is 0.302 e. The minimum absolute atomic E-state index is 0.0311. The number of carbonyl (C=O) groups is 1. The Labute approximate surface area is 175 Å². The molecule has 4 aromatic rings. The molecule has 0 spiro atoms. The Bertz CT molecular complexity index is 1200. The molecule has 154 valence electrons. The number of oxazole rings is 1. The van der Waals surface area contributed by atoms with Crippen molar-refractivity contribution in [2.24, 2.45) is 5.92 Å². The lowest BCUT2D eigenvalue weighted by Gasteiger charge is -2.19. The number of nitrogens with zero attached hydrogens (tertiary/aromatic N) is 3. The first-order valence-corrected chi connectivity index (χ1v) is 10.8. The van der Waals surface area contributed by atoms with Crippen LogP contribution in [-0.2, 0) is 17.6 Å². The van der Waals surface area contributed by atoms with Gasteiger partial charge in [-0.15, -0.1) is 0 Å². The molecule has 3 heterocycles. The average molecular weight is 402 g/mol. The van der Waals surface area contributed by atoms with Crippen LogP contribution in [0.5, 0.6) is 0 Å². The molecule has 0 saturated heterocycles. The molecule has 0 atom stereocenters. The maximum atomic E-state index is 12.4. The Morgan fingerprint density at radius 3 is 2.87 bits per heavy atom. The Kier molecular flexibility index (Phi) is 4.99. The number of anilines is 1. The normalized spacial score (nSPS) is 15.1. The molecule has 1 aromatic carbocycles. The van der Waals surface area contributed by atoms with Crippen LogP contribution in [0.1, 0.15) is 48.9 Å². The summed E-state index contributed by atoms with van der Waals surface area (Å²) in [6.45, 7) is 2.08. The van der Waals surface area contributed by atoms with E-state index in [1.807, 2.05) is 18.3 Å². The van der Waals surface area contributed by atoms with Gasteiger partial charge in [0, 0.05) is 18.3 Å². The predicted octanol–water partition coefficient (Wildman–Crippen LogP) is 5.09. The zero-order valence-corrected chi connectivity index (χ0v) is 17.2. The van der Waals surface area contributed by atoms with Crippen LogP contribution in [0, 0.1) is 12.8 Å². The van der Waals surface area contributed by atoms with E-state index in [1.54, 1.807) is 0 Å². The highest BCUT2D eigenvalue weighted by molar-refractivity contribution is 5.91. The summed E-state index contributed by atoms with van der Waals surface area (Å²) in [4.78, 5) is 21.6. The van der Waals surface area contributed by atoms with E-state index in [0.29, 0.717) is 11.6 Å². The van der Waals surface area contributed by atoms with Gasteiger partial charge in [-0.05, 0) is 68.0 Å². The number of pyridine rings is 1. The fraction of sp³-hybridized carbons (Fsp3) is 0.375. The van der Waals surface area contributed by atoms with Gasteiger partial charge in [0.2, 0.25) is 5.91 Å². The number of aryl methyl sites for hydroxylation is 3. The topological polar surface area (TPSA) is 72.4 Å². The van der Waals surface area contributed by atoms with Gasteiger partial charge in [0.1, 0.15) is 11.2 Å².